The smallest absolute Gasteiger partial charge is 0.326 e. The minimum absolute atomic E-state index is 0.0303. The summed E-state index contributed by atoms with van der Waals surface area (Å²) in [5, 5.41) is 25.8. The van der Waals surface area contributed by atoms with Crippen molar-refractivity contribution in [2.45, 2.75) is 95.9 Å². The van der Waals surface area contributed by atoms with Crippen LogP contribution in [0.4, 0.5) is 0 Å². The quantitative estimate of drug-likeness (QED) is 0.0521. The van der Waals surface area contributed by atoms with Gasteiger partial charge < -0.3 is 50.8 Å². The number of ether oxygens (including phenoxy) is 4. The second-order valence-corrected chi connectivity index (χ2v) is 10.9. The summed E-state index contributed by atoms with van der Waals surface area (Å²) in [5.74, 6) is -3.51. The molecule has 0 aromatic rings. The van der Waals surface area contributed by atoms with Crippen molar-refractivity contribution >= 4 is 35.6 Å². The molecule has 0 bridgehead atoms. The lowest BCUT2D eigenvalue weighted by Crippen LogP contribution is -2.41. The van der Waals surface area contributed by atoms with Crippen molar-refractivity contribution in [3.63, 3.8) is 0 Å². The van der Waals surface area contributed by atoms with E-state index < -0.39 is 23.9 Å². The molecule has 16 heteroatoms. The first-order valence-corrected chi connectivity index (χ1v) is 16.5. The van der Waals surface area contributed by atoms with Crippen molar-refractivity contribution in [3.05, 3.63) is 0 Å². The average molecular weight is 677 g/mol. The van der Waals surface area contributed by atoms with E-state index in [9.17, 15) is 33.9 Å². The normalized spacial score (nSPS) is 11.5. The first-order chi connectivity index (χ1) is 22.6. The van der Waals surface area contributed by atoms with Crippen LogP contribution in [0.5, 0.6) is 0 Å². The van der Waals surface area contributed by atoms with Crippen LogP contribution in [0.15, 0.2) is 0 Å². The lowest BCUT2D eigenvalue weighted by Gasteiger charge is -2.14. The molecule has 0 saturated carbocycles. The SMILES string of the molecule is NC(=O)COCCOCCNC(=O)COCCOCCNC(=O)CCC(NC(=O)CCCCCCCCCCCCC(=O)O)C(=O)O. The second-order valence-electron chi connectivity index (χ2n) is 10.9. The number of rotatable bonds is 34. The molecule has 0 aliphatic rings. The van der Waals surface area contributed by atoms with Gasteiger partial charge >= 0.3 is 11.9 Å². The Hall–Kier alpha value is -3.34. The van der Waals surface area contributed by atoms with Gasteiger partial charge in [-0.15, -0.1) is 0 Å². The van der Waals surface area contributed by atoms with Gasteiger partial charge in [-0.05, 0) is 19.3 Å². The van der Waals surface area contributed by atoms with E-state index in [1.807, 2.05) is 0 Å². The van der Waals surface area contributed by atoms with Crippen molar-refractivity contribution in [1.29, 1.82) is 0 Å². The Morgan fingerprint density at radius 3 is 1.51 bits per heavy atom. The van der Waals surface area contributed by atoms with Crippen LogP contribution >= 0.6 is 0 Å². The Bertz CT molecular complexity index is 891. The third-order valence-electron chi connectivity index (χ3n) is 6.70. The van der Waals surface area contributed by atoms with E-state index in [1.165, 1.54) is 0 Å². The third-order valence-corrected chi connectivity index (χ3v) is 6.70. The van der Waals surface area contributed by atoms with E-state index in [-0.39, 0.29) is 109 Å². The monoisotopic (exact) mass is 676 g/mol. The first kappa shape index (κ1) is 43.7. The summed E-state index contributed by atoms with van der Waals surface area (Å²) in [6.45, 7) is 1.54. The van der Waals surface area contributed by atoms with Crippen LogP contribution in [0.25, 0.3) is 0 Å². The molecule has 0 saturated heterocycles. The minimum Gasteiger partial charge on any atom is -0.481 e. The molecular formula is C31H56N4O12. The molecule has 272 valence electrons. The number of nitrogens with two attached hydrogens (primary N) is 1. The molecule has 0 aliphatic carbocycles. The molecule has 0 aliphatic heterocycles. The molecule has 1 unspecified atom stereocenters. The molecule has 0 radical (unpaired) electrons. The van der Waals surface area contributed by atoms with E-state index in [1.54, 1.807) is 0 Å². The maximum Gasteiger partial charge on any atom is 0.326 e. The van der Waals surface area contributed by atoms with Gasteiger partial charge in [-0.3, -0.25) is 24.0 Å². The highest BCUT2D eigenvalue weighted by atomic mass is 16.5. The fourth-order valence-electron chi connectivity index (χ4n) is 4.22. The number of carboxylic acids is 2. The molecule has 4 amide bonds. The van der Waals surface area contributed by atoms with Crippen LogP contribution in [0.1, 0.15) is 89.9 Å². The average Bonchev–Trinajstić information content (AvgIpc) is 3.01. The van der Waals surface area contributed by atoms with Gasteiger partial charge in [0, 0.05) is 32.4 Å². The zero-order valence-electron chi connectivity index (χ0n) is 27.6. The molecule has 7 N–H and O–H groups in total. The third kappa shape index (κ3) is 32.4. The minimum atomic E-state index is -1.19. The summed E-state index contributed by atoms with van der Waals surface area (Å²) < 4.78 is 20.7. The van der Waals surface area contributed by atoms with Crippen molar-refractivity contribution in [2.75, 3.05) is 65.9 Å². The van der Waals surface area contributed by atoms with Crippen molar-refractivity contribution in [1.82, 2.24) is 16.0 Å². The standard InChI is InChI=1S/C31H56N4O12/c32-26(36)23-46-21-19-45-18-16-34-29(39)24-47-22-20-44-17-15-33-27(37)14-13-25(31(42)43)35-28(38)11-9-7-5-3-1-2-4-6-8-10-12-30(40)41/h25H,1-24H2,(H2,32,36)(H,33,37)(H,34,39)(H,35,38)(H,40,41)(H,42,43). The first-order valence-electron chi connectivity index (χ1n) is 16.5. The Morgan fingerprint density at radius 2 is 1.00 bits per heavy atom. The number of unbranched alkanes of at least 4 members (excludes halogenated alkanes) is 9. The van der Waals surface area contributed by atoms with Crippen LogP contribution in [-0.2, 0) is 47.7 Å². The molecule has 47 heavy (non-hydrogen) atoms. The maximum absolute atomic E-state index is 12.2. The number of carbonyl (C=O) groups is 6. The van der Waals surface area contributed by atoms with Gasteiger partial charge in [0.2, 0.25) is 23.6 Å². The molecule has 0 spiro atoms. The summed E-state index contributed by atoms with van der Waals surface area (Å²) >= 11 is 0. The number of aliphatic carboxylic acids is 2. The molecule has 1 atom stereocenters. The molecule has 0 aromatic carbocycles. The Labute approximate surface area is 277 Å². The van der Waals surface area contributed by atoms with Gasteiger partial charge in [0.25, 0.3) is 0 Å². The Balaban J connectivity index is 3.70. The molecule has 0 fully saturated rings. The molecule has 0 rings (SSSR count). The van der Waals surface area contributed by atoms with Crippen molar-refractivity contribution in [2.24, 2.45) is 5.73 Å². The van der Waals surface area contributed by atoms with Gasteiger partial charge in [0.05, 0.1) is 39.6 Å². The number of hydrogen-bond donors (Lipinski definition) is 6. The number of carboxylic acid groups (broad SMARTS) is 2. The number of amides is 4. The van der Waals surface area contributed by atoms with Crippen LogP contribution in [0.3, 0.4) is 0 Å². The predicted molar refractivity (Wildman–Crippen MR) is 170 cm³/mol. The Kier molecular flexibility index (Phi) is 29.0. The van der Waals surface area contributed by atoms with Crippen molar-refractivity contribution in [3.8, 4) is 0 Å². The highest BCUT2D eigenvalue weighted by Gasteiger charge is 2.20. The van der Waals surface area contributed by atoms with Crippen LogP contribution in [-0.4, -0.2) is 118 Å². The second kappa shape index (κ2) is 31.3. The topological polar surface area (TPSA) is 242 Å². The predicted octanol–water partition coefficient (Wildman–Crippen LogP) is 0.886. The fraction of sp³-hybridized carbons (Fsp3) is 0.806. The van der Waals surface area contributed by atoms with E-state index in [0.29, 0.717) is 6.42 Å². The van der Waals surface area contributed by atoms with Crippen LogP contribution < -0.4 is 21.7 Å². The van der Waals surface area contributed by atoms with E-state index >= 15 is 0 Å². The number of carbonyl (C=O) groups excluding carboxylic acids is 4. The molecular weight excluding hydrogens is 620 g/mol. The molecule has 0 aromatic heterocycles. The summed E-state index contributed by atoms with van der Waals surface area (Å²) in [6, 6.07) is -1.14. The van der Waals surface area contributed by atoms with Crippen LogP contribution in [0.2, 0.25) is 0 Å². The van der Waals surface area contributed by atoms with Gasteiger partial charge in [-0.1, -0.05) is 51.4 Å². The Morgan fingerprint density at radius 1 is 0.532 bits per heavy atom. The lowest BCUT2D eigenvalue weighted by atomic mass is 10.0. The molecule has 0 heterocycles. The van der Waals surface area contributed by atoms with E-state index in [4.69, 9.17) is 29.8 Å². The lowest BCUT2D eigenvalue weighted by molar-refractivity contribution is -0.142. The van der Waals surface area contributed by atoms with Gasteiger partial charge in [0.1, 0.15) is 19.3 Å². The maximum atomic E-state index is 12.2. The number of primary amides is 1. The summed E-state index contributed by atoms with van der Waals surface area (Å²) in [7, 11) is 0. The number of hydrogen-bond acceptors (Lipinski definition) is 10. The highest BCUT2D eigenvalue weighted by Crippen LogP contribution is 2.12. The highest BCUT2D eigenvalue weighted by molar-refractivity contribution is 5.84. The van der Waals surface area contributed by atoms with E-state index in [0.717, 1.165) is 57.8 Å². The fourth-order valence-corrected chi connectivity index (χ4v) is 4.22. The number of nitrogens with one attached hydrogen (secondary N) is 3. The summed E-state index contributed by atoms with van der Waals surface area (Å²) in [4.78, 5) is 68.5. The van der Waals surface area contributed by atoms with Gasteiger partial charge in [-0.25, -0.2) is 4.79 Å². The van der Waals surface area contributed by atoms with Crippen molar-refractivity contribution < 1.29 is 57.9 Å². The largest absolute Gasteiger partial charge is 0.481 e. The molecule has 16 nitrogen and oxygen atoms in total. The zero-order valence-corrected chi connectivity index (χ0v) is 27.6. The summed E-state index contributed by atoms with van der Waals surface area (Å²) in [6.07, 6.45) is 10.0. The van der Waals surface area contributed by atoms with Gasteiger partial charge in [0.15, 0.2) is 0 Å². The van der Waals surface area contributed by atoms with E-state index in [2.05, 4.69) is 16.0 Å². The summed E-state index contributed by atoms with van der Waals surface area (Å²) in [5.41, 5.74) is 4.93. The van der Waals surface area contributed by atoms with Crippen LogP contribution in [0, 0.1) is 0 Å². The zero-order chi connectivity index (χ0) is 35.0. The van der Waals surface area contributed by atoms with Gasteiger partial charge in [-0.2, -0.15) is 0 Å².